The van der Waals surface area contributed by atoms with Gasteiger partial charge in [0.2, 0.25) is 0 Å². The summed E-state index contributed by atoms with van der Waals surface area (Å²) in [6.07, 6.45) is 0.737. The monoisotopic (exact) mass is 408 g/mol. The van der Waals surface area contributed by atoms with E-state index in [1.54, 1.807) is 18.2 Å². The topological polar surface area (TPSA) is 17.1 Å². The molecule has 2 aromatic carbocycles. The van der Waals surface area contributed by atoms with Crippen molar-refractivity contribution in [3.8, 4) is 0 Å². The zero-order valence-corrected chi connectivity index (χ0v) is 17.3. The number of carbonyl (C=O) groups excluding carboxylic acids is 1. The minimum Gasteiger partial charge on any atom is -0.295 e. The highest BCUT2D eigenvalue weighted by Gasteiger charge is 2.29. The lowest BCUT2D eigenvalue weighted by Crippen LogP contribution is -2.04. The van der Waals surface area contributed by atoms with Gasteiger partial charge in [0, 0.05) is 5.56 Å². The Labute approximate surface area is 170 Å². The molecule has 0 unspecified atom stereocenters. The second kappa shape index (κ2) is 11.5. The highest BCUT2D eigenvalue weighted by atomic mass is 19.4. The van der Waals surface area contributed by atoms with E-state index in [0.717, 1.165) is 42.5 Å². The second-order valence-electron chi connectivity index (χ2n) is 7.25. The van der Waals surface area contributed by atoms with Gasteiger partial charge in [-0.2, -0.15) is 13.2 Å². The number of rotatable bonds is 6. The summed E-state index contributed by atoms with van der Waals surface area (Å²) in [6, 6.07) is 11.1. The van der Waals surface area contributed by atoms with Gasteiger partial charge >= 0.3 is 6.18 Å². The lowest BCUT2D eigenvalue weighted by atomic mass is 9.97. The van der Waals surface area contributed by atoms with Gasteiger partial charge in [0.05, 0.1) is 5.56 Å². The van der Waals surface area contributed by atoms with E-state index in [2.05, 4.69) is 26.8 Å². The summed E-state index contributed by atoms with van der Waals surface area (Å²) in [5.41, 5.74) is 1.87. The van der Waals surface area contributed by atoms with Crippen LogP contribution in [-0.4, -0.2) is 5.78 Å². The molecule has 0 heterocycles. The quantitative estimate of drug-likeness (QED) is 0.350. The first-order valence-electron chi connectivity index (χ1n) is 9.67. The van der Waals surface area contributed by atoms with Crippen molar-refractivity contribution >= 4 is 11.4 Å². The third kappa shape index (κ3) is 9.07. The number of Topliss-reactive ketones (excluding diaryl/α,β-unsaturated/α-hetero) is 1. The van der Waals surface area contributed by atoms with E-state index < -0.39 is 11.7 Å². The number of benzene rings is 2. The summed E-state index contributed by atoms with van der Waals surface area (Å²) in [5, 5.41) is 0. The molecule has 2 rings (SSSR count). The van der Waals surface area contributed by atoms with E-state index in [4.69, 9.17) is 0 Å². The zero-order chi connectivity index (χ0) is 22.0. The highest BCUT2D eigenvalue weighted by molar-refractivity contribution is 5.93. The first kappa shape index (κ1) is 24.6. The van der Waals surface area contributed by atoms with E-state index in [1.807, 2.05) is 0 Å². The molecule has 1 nitrogen and oxygen atoms in total. The Morgan fingerprint density at radius 1 is 1.03 bits per heavy atom. The van der Waals surface area contributed by atoms with Gasteiger partial charge in [0.25, 0.3) is 0 Å². The molecule has 0 aliphatic carbocycles. The van der Waals surface area contributed by atoms with Gasteiger partial charge in [-0.1, -0.05) is 57.5 Å². The Morgan fingerprint density at radius 3 is 2.07 bits per heavy atom. The molecular weight excluding hydrogens is 380 g/mol. The van der Waals surface area contributed by atoms with Crippen LogP contribution in [0.2, 0.25) is 0 Å². The molecule has 0 radical (unpaired) electrons. The van der Waals surface area contributed by atoms with Crippen LogP contribution < -0.4 is 0 Å². The summed E-state index contributed by atoms with van der Waals surface area (Å²) in [7, 11) is 0. The Kier molecular flexibility index (Phi) is 9.79. The number of hydrogen-bond donors (Lipinski definition) is 0. The van der Waals surface area contributed by atoms with Gasteiger partial charge in [-0.15, -0.1) is 0 Å². The van der Waals surface area contributed by atoms with Crippen molar-refractivity contribution < 1.29 is 22.4 Å². The predicted octanol–water partition coefficient (Wildman–Crippen LogP) is 7.96. The van der Waals surface area contributed by atoms with Crippen molar-refractivity contribution in [3.05, 3.63) is 77.1 Å². The first-order valence-corrected chi connectivity index (χ1v) is 9.67. The van der Waals surface area contributed by atoms with Crippen molar-refractivity contribution in [1.29, 1.82) is 0 Å². The molecule has 0 aliphatic rings. The van der Waals surface area contributed by atoms with Gasteiger partial charge in [-0.3, -0.25) is 4.79 Å². The zero-order valence-electron chi connectivity index (χ0n) is 17.3. The van der Waals surface area contributed by atoms with Crippen LogP contribution >= 0.6 is 0 Å². The minimum absolute atomic E-state index is 0.112. The summed E-state index contributed by atoms with van der Waals surface area (Å²) in [6.45, 7) is 7.75. The fraction of sp³-hybridized carbons (Fsp3) is 0.375. The molecule has 0 saturated heterocycles. The summed E-state index contributed by atoms with van der Waals surface area (Å²) in [4.78, 5) is 10.6. The standard InChI is InChI=1S/C16H21F3.C8H7FO/c1-4-5-13(7-6-12(2)3)14-8-10-15(11-9-14)16(17,18)19;1-6(10)7-3-2-4-8(9)5-7/h7-12H,4-6H2,1-3H3;2-5H,1H3/b13-7-;. The van der Waals surface area contributed by atoms with Crippen LogP contribution in [0.3, 0.4) is 0 Å². The van der Waals surface area contributed by atoms with Crippen LogP contribution in [0.4, 0.5) is 17.6 Å². The van der Waals surface area contributed by atoms with E-state index in [-0.39, 0.29) is 11.6 Å². The fourth-order valence-corrected chi connectivity index (χ4v) is 2.59. The number of ketones is 1. The van der Waals surface area contributed by atoms with Crippen molar-refractivity contribution in [1.82, 2.24) is 0 Å². The molecule has 0 N–H and O–H groups in total. The molecule has 5 heteroatoms. The molecule has 0 fully saturated rings. The van der Waals surface area contributed by atoms with E-state index >= 15 is 0 Å². The predicted molar refractivity (Wildman–Crippen MR) is 110 cm³/mol. The van der Waals surface area contributed by atoms with Crippen molar-refractivity contribution in [2.75, 3.05) is 0 Å². The molecule has 158 valence electrons. The summed E-state index contributed by atoms with van der Waals surface area (Å²) >= 11 is 0. The van der Waals surface area contributed by atoms with Crippen molar-refractivity contribution in [2.45, 2.75) is 53.1 Å². The number of carbonyl (C=O) groups is 1. The lowest BCUT2D eigenvalue weighted by Gasteiger charge is -2.11. The van der Waals surface area contributed by atoms with Gasteiger partial charge in [-0.05, 0) is 61.1 Å². The molecule has 0 spiro atoms. The van der Waals surface area contributed by atoms with Crippen LogP contribution in [0.1, 0.15) is 68.4 Å². The average Bonchev–Trinajstić information content (AvgIpc) is 2.65. The molecule has 0 bridgehead atoms. The van der Waals surface area contributed by atoms with Crippen LogP contribution in [-0.2, 0) is 6.18 Å². The lowest BCUT2D eigenvalue weighted by molar-refractivity contribution is -0.137. The summed E-state index contributed by atoms with van der Waals surface area (Å²) in [5.74, 6) is 0.0773. The number of hydrogen-bond acceptors (Lipinski definition) is 1. The number of alkyl halides is 3. The molecule has 0 amide bonds. The maximum Gasteiger partial charge on any atom is 0.416 e. The SMILES string of the molecule is CC(=O)c1cccc(F)c1.CCC/C(=C/CC(C)C)c1ccc(C(F)(F)F)cc1. The van der Waals surface area contributed by atoms with Crippen LogP contribution in [0.15, 0.2) is 54.6 Å². The Morgan fingerprint density at radius 2 is 1.66 bits per heavy atom. The van der Waals surface area contributed by atoms with Gasteiger partial charge in [0.1, 0.15) is 5.82 Å². The average molecular weight is 408 g/mol. The Bertz CT molecular complexity index is 802. The first-order chi connectivity index (χ1) is 13.5. The normalized spacial score (nSPS) is 11.8. The van der Waals surface area contributed by atoms with E-state index in [1.165, 1.54) is 25.1 Å². The minimum atomic E-state index is -4.26. The molecule has 0 atom stereocenters. The van der Waals surface area contributed by atoms with E-state index in [0.29, 0.717) is 11.5 Å². The largest absolute Gasteiger partial charge is 0.416 e. The van der Waals surface area contributed by atoms with Crippen LogP contribution in [0.5, 0.6) is 0 Å². The maximum absolute atomic E-state index is 12.5. The molecular formula is C24H28F4O. The van der Waals surface area contributed by atoms with Gasteiger partial charge < -0.3 is 0 Å². The second-order valence-corrected chi connectivity index (χ2v) is 7.25. The van der Waals surface area contributed by atoms with Crippen molar-refractivity contribution in [3.63, 3.8) is 0 Å². The maximum atomic E-state index is 12.5. The molecule has 0 aromatic heterocycles. The number of allylic oxidation sites excluding steroid dienone is 2. The molecule has 0 saturated carbocycles. The molecule has 2 aromatic rings. The molecule has 0 aliphatic heterocycles. The van der Waals surface area contributed by atoms with Gasteiger partial charge in [-0.25, -0.2) is 4.39 Å². The molecule has 29 heavy (non-hydrogen) atoms. The van der Waals surface area contributed by atoms with Crippen LogP contribution in [0.25, 0.3) is 5.57 Å². The fourth-order valence-electron chi connectivity index (χ4n) is 2.59. The number of halogens is 4. The van der Waals surface area contributed by atoms with Crippen molar-refractivity contribution in [2.24, 2.45) is 5.92 Å². The third-order valence-corrected chi connectivity index (χ3v) is 4.17. The van der Waals surface area contributed by atoms with E-state index in [9.17, 15) is 22.4 Å². The van der Waals surface area contributed by atoms with Gasteiger partial charge in [0.15, 0.2) is 5.78 Å². The summed E-state index contributed by atoms with van der Waals surface area (Å²) < 4.78 is 49.9. The Balaban J connectivity index is 0.000000352. The smallest absolute Gasteiger partial charge is 0.295 e. The highest BCUT2D eigenvalue weighted by Crippen LogP contribution is 2.31. The Hall–Kier alpha value is -2.43. The third-order valence-electron chi connectivity index (χ3n) is 4.17. The van der Waals surface area contributed by atoms with Crippen LogP contribution in [0, 0.1) is 11.7 Å².